The monoisotopic (exact) mass is 357 g/mol. The third kappa shape index (κ3) is 3.04. The summed E-state index contributed by atoms with van der Waals surface area (Å²) in [6.07, 6.45) is 7.15. The lowest BCUT2D eigenvalue weighted by Gasteiger charge is -2.31. The molecule has 1 saturated heterocycles. The predicted molar refractivity (Wildman–Crippen MR) is 94.7 cm³/mol. The van der Waals surface area contributed by atoms with Crippen LogP contribution in [0.15, 0.2) is 53.9 Å². The third-order valence-electron chi connectivity index (χ3n) is 4.53. The Bertz CT molecular complexity index is 989. The molecular weight excluding hydrogens is 338 g/mol. The Labute approximate surface area is 146 Å². The van der Waals surface area contributed by atoms with Gasteiger partial charge < -0.3 is 9.30 Å². The van der Waals surface area contributed by atoms with Crippen LogP contribution in [-0.4, -0.2) is 65.2 Å². The number of aromatic nitrogens is 3. The first-order chi connectivity index (χ1) is 12.0. The Balaban J connectivity index is 1.61. The summed E-state index contributed by atoms with van der Waals surface area (Å²) in [5.41, 5.74) is 2.42. The first-order valence-electron chi connectivity index (χ1n) is 8.12. The van der Waals surface area contributed by atoms with Crippen molar-refractivity contribution in [2.24, 2.45) is 0 Å². The molecular formula is C17H19N5O2S. The van der Waals surface area contributed by atoms with Crippen LogP contribution >= 0.6 is 0 Å². The molecule has 0 N–H and O–H groups in total. The maximum Gasteiger partial charge on any atom is 0.243 e. The van der Waals surface area contributed by atoms with E-state index in [0.717, 1.165) is 30.0 Å². The van der Waals surface area contributed by atoms with Gasteiger partial charge in [0.05, 0.1) is 16.8 Å². The summed E-state index contributed by atoms with van der Waals surface area (Å²) >= 11 is 0. The van der Waals surface area contributed by atoms with Crippen molar-refractivity contribution in [2.75, 3.05) is 33.2 Å². The highest BCUT2D eigenvalue weighted by atomic mass is 32.2. The lowest BCUT2D eigenvalue weighted by molar-refractivity contribution is 0.222. The molecule has 130 valence electrons. The summed E-state index contributed by atoms with van der Waals surface area (Å²) < 4.78 is 29.0. The highest BCUT2D eigenvalue weighted by Crippen LogP contribution is 2.22. The molecule has 0 spiro atoms. The smallest absolute Gasteiger partial charge is 0.243 e. The Morgan fingerprint density at radius 2 is 1.72 bits per heavy atom. The standard InChI is InChI=1S/C17H19N5O2S/c1-20-8-10-22(11-9-20)25(23,24)15-4-2-14(3-5-15)16-13-21-7-6-18-17(21)12-19-16/h2-7,12-13H,8-11H2,1H3. The minimum atomic E-state index is -3.44. The van der Waals surface area contributed by atoms with Gasteiger partial charge >= 0.3 is 0 Å². The van der Waals surface area contributed by atoms with E-state index in [4.69, 9.17) is 0 Å². The third-order valence-corrected chi connectivity index (χ3v) is 6.44. The summed E-state index contributed by atoms with van der Waals surface area (Å²) in [6.45, 7) is 2.57. The number of fused-ring (bicyclic) bond motifs is 1. The summed E-state index contributed by atoms with van der Waals surface area (Å²) in [5, 5.41) is 0. The summed E-state index contributed by atoms with van der Waals surface area (Å²) in [5.74, 6) is 0. The number of benzene rings is 1. The molecule has 2 aromatic heterocycles. The first kappa shape index (κ1) is 16.2. The number of nitrogens with zero attached hydrogens (tertiary/aromatic N) is 5. The van der Waals surface area contributed by atoms with Crippen LogP contribution in [0.25, 0.3) is 16.9 Å². The lowest BCUT2D eigenvalue weighted by atomic mass is 10.2. The van der Waals surface area contributed by atoms with E-state index in [2.05, 4.69) is 14.9 Å². The Kier molecular flexibility index (Phi) is 4.03. The van der Waals surface area contributed by atoms with E-state index >= 15 is 0 Å². The quantitative estimate of drug-likeness (QED) is 0.707. The van der Waals surface area contributed by atoms with Crippen molar-refractivity contribution in [2.45, 2.75) is 4.90 Å². The van der Waals surface area contributed by atoms with Gasteiger partial charge in [0, 0.05) is 50.3 Å². The molecule has 1 fully saturated rings. The Morgan fingerprint density at radius 3 is 2.44 bits per heavy atom. The number of likely N-dealkylation sites (N-methyl/N-ethyl adjacent to an activating group) is 1. The zero-order chi connectivity index (χ0) is 17.4. The van der Waals surface area contributed by atoms with Gasteiger partial charge in [0.1, 0.15) is 0 Å². The molecule has 0 aliphatic carbocycles. The van der Waals surface area contributed by atoms with Gasteiger partial charge in [-0.05, 0) is 19.2 Å². The summed E-state index contributed by atoms with van der Waals surface area (Å²) in [6, 6.07) is 6.91. The van der Waals surface area contributed by atoms with Crippen molar-refractivity contribution in [1.82, 2.24) is 23.6 Å². The second-order valence-corrected chi connectivity index (χ2v) is 8.13. The summed E-state index contributed by atoms with van der Waals surface area (Å²) in [7, 11) is -1.44. The van der Waals surface area contributed by atoms with Crippen LogP contribution < -0.4 is 0 Å². The minimum absolute atomic E-state index is 0.324. The second kappa shape index (κ2) is 6.21. The minimum Gasteiger partial charge on any atom is -0.304 e. The molecule has 0 unspecified atom stereocenters. The molecule has 4 rings (SSSR count). The molecule has 0 amide bonds. The largest absolute Gasteiger partial charge is 0.304 e. The molecule has 0 atom stereocenters. The second-order valence-electron chi connectivity index (χ2n) is 6.20. The van der Waals surface area contributed by atoms with Crippen LogP contribution in [0.1, 0.15) is 0 Å². The van der Waals surface area contributed by atoms with Crippen molar-refractivity contribution in [3.05, 3.63) is 49.1 Å². The van der Waals surface area contributed by atoms with Gasteiger partial charge in [-0.1, -0.05) is 12.1 Å². The van der Waals surface area contributed by atoms with Gasteiger partial charge in [0.2, 0.25) is 10.0 Å². The Morgan fingerprint density at radius 1 is 1.00 bits per heavy atom. The Hall–Kier alpha value is -2.29. The van der Waals surface area contributed by atoms with E-state index in [9.17, 15) is 8.42 Å². The molecule has 1 aromatic carbocycles. The fourth-order valence-corrected chi connectivity index (χ4v) is 4.37. The maximum atomic E-state index is 12.8. The first-order valence-corrected chi connectivity index (χ1v) is 9.56. The fourth-order valence-electron chi connectivity index (χ4n) is 2.95. The van der Waals surface area contributed by atoms with E-state index in [0.29, 0.717) is 18.0 Å². The number of hydrogen-bond acceptors (Lipinski definition) is 5. The van der Waals surface area contributed by atoms with Crippen LogP contribution in [-0.2, 0) is 10.0 Å². The molecule has 0 bridgehead atoms. The molecule has 0 radical (unpaired) electrons. The molecule has 25 heavy (non-hydrogen) atoms. The van der Waals surface area contributed by atoms with Crippen LogP contribution in [0.5, 0.6) is 0 Å². The van der Waals surface area contributed by atoms with Gasteiger partial charge in [-0.2, -0.15) is 4.31 Å². The van der Waals surface area contributed by atoms with E-state index < -0.39 is 10.0 Å². The molecule has 1 aliphatic heterocycles. The topological polar surface area (TPSA) is 70.8 Å². The van der Waals surface area contributed by atoms with Gasteiger partial charge in [-0.3, -0.25) is 4.98 Å². The number of imidazole rings is 1. The van der Waals surface area contributed by atoms with Gasteiger partial charge in [0.15, 0.2) is 5.65 Å². The van der Waals surface area contributed by atoms with E-state index in [1.807, 2.05) is 23.8 Å². The zero-order valence-corrected chi connectivity index (χ0v) is 14.7. The van der Waals surface area contributed by atoms with Gasteiger partial charge in [-0.25, -0.2) is 13.4 Å². The fraction of sp³-hybridized carbons (Fsp3) is 0.294. The molecule has 7 nitrogen and oxygen atoms in total. The lowest BCUT2D eigenvalue weighted by Crippen LogP contribution is -2.46. The highest BCUT2D eigenvalue weighted by Gasteiger charge is 2.27. The molecule has 0 saturated carbocycles. The van der Waals surface area contributed by atoms with E-state index in [-0.39, 0.29) is 0 Å². The summed E-state index contributed by atoms with van der Waals surface area (Å²) in [4.78, 5) is 11.0. The van der Waals surface area contributed by atoms with Crippen molar-refractivity contribution >= 4 is 15.7 Å². The van der Waals surface area contributed by atoms with Crippen molar-refractivity contribution in [3.8, 4) is 11.3 Å². The van der Waals surface area contributed by atoms with Crippen LogP contribution in [0.2, 0.25) is 0 Å². The van der Waals surface area contributed by atoms with Crippen LogP contribution in [0.4, 0.5) is 0 Å². The average molecular weight is 357 g/mol. The molecule has 3 heterocycles. The molecule has 1 aliphatic rings. The molecule has 8 heteroatoms. The van der Waals surface area contributed by atoms with E-state index in [1.54, 1.807) is 41.0 Å². The van der Waals surface area contributed by atoms with E-state index in [1.165, 1.54) is 0 Å². The molecule has 3 aromatic rings. The van der Waals surface area contributed by atoms with Gasteiger partial charge in [-0.15, -0.1) is 0 Å². The number of sulfonamides is 1. The van der Waals surface area contributed by atoms with Crippen LogP contribution in [0.3, 0.4) is 0 Å². The van der Waals surface area contributed by atoms with Crippen molar-refractivity contribution < 1.29 is 8.42 Å². The normalized spacial score (nSPS) is 17.2. The van der Waals surface area contributed by atoms with Crippen molar-refractivity contribution in [3.63, 3.8) is 0 Å². The average Bonchev–Trinajstić information content (AvgIpc) is 3.10. The maximum absolute atomic E-state index is 12.8. The van der Waals surface area contributed by atoms with Crippen LogP contribution in [0, 0.1) is 0 Å². The zero-order valence-electron chi connectivity index (χ0n) is 13.9. The van der Waals surface area contributed by atoms with Gasteiger partial charge in [0.25, 0.3) is 0 Å². The highest BCUT2D eigenvalue weighted by molar-refractivity contribution is 7.89. The SMILES string of the molecule is CN1CCN(S(=O)(=O)c2ccc(-c3cn4ccnc4cn3)cc2)CC1. The predicted octanol–water partition coefficient (Wildman–Crippen LogP) is 1.33. The number of piperazine rings is 1. The number of rotatable bonds is 3. The van der Waals surface area contributed by atoms with Crippen molar-refractivity contribution in [1.29, 1.82) is 0 Å². The number of hydrogen-bond donors (Lipinski definition) is 0.